The first-order chi connectivity index (χ1) is 12.5. The van der Waals surface area contributed by atoms with Gasteiger partial charge in [0, 0.05) is 50.3 Å². The normalized spacial score (nSPS) is 15.1. The van der Waals surface area contributed by atoms with E-state index in [1.807, 2.05) is 29.8 Å². The summed E-state index contributed by atoms with van der Waals surface area (Å²) < 4.78 is 7.43. The van der Waals surface area contributed by atoms with Gasteiger partial charge in [0.1, 0.15) is 0 Å². The van der Waals surface area contributed by atoms with Gasteiger partial charge in [0.2, 0.25) is 0 Å². The fourth-order valence-corrected chi connectivity index (χ4v) is 3.26. The Morgan fingerprint density at radius 1 is 1.31 bits per heavy atom. The Balaban J connectivity index is 1.96. The van der Waals surface area contributed by atoms with Gasteiger partial charge in [-0.25, -0.2) is 0 Å². The molecule has 1 aliphatic heterocycles. The highest BCUT2D eigenvalue weighted by atomic mass is 16.5. The van der Waals surface area contributed by atoms with Gasteiger partial charge in [0.25, 0.3) is 0 Å². The molecule has 0 amide bonds. The lowest BCUT2D eigenvalue weighted by Crippen LogP contribution is -2.23. The summed E-state index contributed by atoms with van der Waals surface area (Å²) in [5, 5.41) is 8.98. The van der Waals surface area contributed by atoms with Gasteiger partial charge in [-0.05, 0) is 43.7 Å². The summed E-state index contributed by atoms with van der Waals surface area (Å²) in [7, 11) is 0. The van der Waals surface area contributed by atoms with Crippen LogP contribution in [-0.2, 0) is 22.5 Å². The number of carboxylic acids is 1. The zero-order chi connectivity index (χ0) is 18.5. The predicted octanol–water partition coefficient (Wildman–Crippen LogP) is 2.66. The maximum atomic E-state index is 12.8. The molecule has 0 radical (unpaired) electrons. The van der Waals surface area contributed by atoms with Crippen LogP contribution in [0.1, 0.15) is 30.4 Å². The summed E-state index contributed by atoms with van der Waals surface area (Å²) in [6.07, 6.45) is 7.54. The smallest absolute Gasteiger partial charge is 0.303 e. The number of hydrogen-bond donors (Lipinski definition) is 1. The Hall–Kier alpha value is -2.47. The summed E-state index contributed by atoms with van der Waals surface area (Å²) in [6, 6.07) is 3.76. The van der Waals surface area contributed by atoms with E-state index in [0.717, 1.165) is 38.2 Å². The number of aromatic nitrogens is 2. The second kappa shape index (κ2) is 8.27. The van der Waals surface area contributed by atoms with Crippen LogP contribution in [-0.4, -0.2) is 33.8 Å². The third kappa shape index (κ3) is 4.58. The van der Waals surface area contributed by atoms with Crippen molar-refractivity contribution in [2.75, 3.05) is 13.2 Å². The molecule has 1 saturated heterocycles. The minimum Gasteiger partial charge on any atom is -0.481 e. The molecule has 0 saturated carbocycles. The number of carboxylic acid groups (broad SMARTS) is 1. The molecule has 1 N–H and O–H groups in total. The molecule has 2 aromatic rings. The van der Waals surface area contributed by atoms with Crippen LogP contribution in [0.4, 0.5) is 0 Å². The van der Waals surface area contributed by atoms with Crippen LogP contribution in [0.25, 0.3) is 11.3 Å². The SMILES string of the molecule is Cc1ccc(-c2cn(CC3CCOCC3)cc(CCC(=O)O)c2=O)nc1. The summed E-state index contributed by atoms with van der Waals surface area (Å²) in [5.74, 6) is -0.406. The average Bonchev–Trinajstić information content (AvgIpc) is 2.63. The van der Waals surface area contributed by atoms with Gasteiger partial charge in [-0.3, -0.25) is 14.6 Å². The molecule has 3 heterocycles. The van der Waals surface area contributed by atoms with Crippen molar-refractivity contribution in [3.8, 4) is 11.3 Å². The van der Waals surface area contributed by atoms with Crippen LogP contribution in [0, 0.1) is 12.8 Å². The zero-order valence-corrected chi connectivity index (χ0v) is 15.0. The minimum absolute atomic E-state index is 0.0582. The summed E-state index contributed by atoms with van der Waals surface area (Å²) in [6.45, 7) is 4.28. The second-order valence-corrected chi connectivity index (χ2v) is 6.89. The Morgan fingerprint density at radius 3 is 2.73 bits per heavy atom. The Labute approximate surface area is 152 Å². The minimum atomic E-state index is -0.903. The summed E-state index contributed by atoms with van der Waals surface area (Å²) in [5.41, 5.74) is 2.57. The largest absolute Gasteiger partial charge is 0.481 e. The van der Waals surface area contributed by atoms with E-state index < -0.39 is 5.97 Å². The third-order valence-electron chi connectivity index (χ3n) is 4.76. The van der Waals surface area contributed by atoms with Crippen molar-refractivity contribution in [3.05, 3.63) is 52.1 Å². The standard InChI is InChI=1S/C20H24N2O4/c1-14-2-4-18(21-10-14)17-13-22(11-15-6-8-26-9-7-15)12-16(20(17)25)3-5-19(23)24/h2,4,10,12-13,15H,3,5-9,11H2,1H3,(H,23,24). The number of hydrogen-bond acceptors (Lipinski definition) is 4. The highest BCUT2D eigenvalue weighted by molar-refractivity contribution is 5.67. The molecule has 0 aliphatic carbocycles. The number of carbonyl (C=O) groups is 1. The Kier molecular flexibility index (Phi) is 5.83. The zero-order valence-electron chi connectivity index (χ0n) is 15.0. The quantitative estimate of drug-likeness (QED) is 0.860. The van der Waals surface area contributed by atoms with E-state index in [1.165, 1.54) is 0 Å². The van der Waals surface area contributed by atoms with Gasteiger partial charge in [0.05, 0.1) is 11.3 Å². The van der Waals surface area contributed by atoms with Crippen LogP contribution in [0.2, 0.25) is 0 Å². The van der Waals surface area contributed by atoms with Crippen LogP contribution < -0.4 is 5.43 Å². The highest BCUT2D eigenvalue weighted by Gasteiger charge is 2.17. The first-order valence-corrected chi connectivity index (χ1v) is 8.98. The third-order valence-corrected chi connectivity index (χ3v) is 4.76. The van der Waals surface area contributed by atoms with Gasteiger partial charge in [-0.1, -0.05) is 6.07 Å². The van der Waals surface area contributed by atoms with Crippen molar-refractivity contribution < 1.29 is 14.6 Å². The van der Waals surface area contributed by atoms with E-state index in [0.29, 0.717) is 22.7 Å². The number of ether oxygens (including phenoxy) is 1. The average molecular weight is 356 g/mol. The lowest BCUT2D eigenvalue weighted by molar-refractivity contribution is -0.136. The van der Waals surface area contributed by atoms with Crippen molar-refractivity contribution in [2.24, 2.45) is 5.92 Å². The van der Waals surface area contributed by atoms with E-state index in [1.54, 1.807) is 12.4 Å². The molecule has 0 atom stereocenters. The molecule has 0 aromatic carbocycles. The van der Waals surface area contributed by atoms with Gasteiger partial charge in [-0.15, -0.1) is 0 Å². The van der Waals surface area contributed by atoms with E-state index in [2.05, 4.69) is 4.98 Å². The molecule has 1 aliphatic rings. The molecule has 26 heavy (non-hydrogen) atoms. The Morgan fingerprint density at radius 2 is 2.08 bits per heavy atom. The van der Waals surface area contributed by atoms with Crippen molar-refractivity contribution >= 4 is 5.97 Å². The summed E-state index contributed by atoms with van der Waals surface area (Å²) in [4.78, 5) is 28.2. The molecule has 2 aromatic heterocycles. The Bertz CT molecular complexity index is 821. The first kappa shape index (κ1) is 18.3. The van der Waals surface area contributed by atoms with E-state index in [4.69, 9.17) is 9.84 Å². The highest BCUT2D eigenvalue weighted by Crippen LogP contribution is 2.19. The van der Waals surface area contributed by atoms with Gasteiger partial charge < -0.3 is 14.4 Å². The van der Waals surface area contributed by atoms with E-state index in [-0.39, 0.29) is 18.3 Å². The van der Waals surface area contributed by atoms with Crippen molar-refractivity contribution in [3.63, 3.8) is 0 Å². The fraction of sp³-hybridized carbons (Fsp3) is 0.450. The molecule has 0 bridgehead atoms. The van der Waals surface area contributed by atoms with Crippen LogP contribution in [0.3, 0.4) is 0 Å². The van der Waals surface area contributed by atoms with Crippen molar-refractivity contribution in [1.29, 1.82) is 0 Å². The second-order valence-electron chi connectivity index (χ2n) is 6.89. The van der Waals surface area contributed by atoms with Gasteiger partial charge >= 0.3 is 5.97 Å². The maximum Gasteiger partial charge on any atom is 0.303 e. The molecule has 0 spiro atoms. The fourth-order valence-electron chi connectivity index (χ4n) is 3.26. The number of pyridine rings is 2. The van der Waals surface area contributed by atoms with Gasteiger partial charge in [-0.2, -0.15) is 0 Å². The lowest BCUT2D eigenvalue weighted by atomic mass is 9.99. The van der Waals surface area contributed by atoms with Crippen LogP contribution >= 0.6 is 0 Å². The maximum absolute atomic E-state index is 12.8. The molecule has 1 fully saturated rings. The monoisotopic (exact) mass is 356 g/mol. The molecular formula is C20H24N2O4. The number of aryl methyl sites for hydroxylation is 2. The molecule has 6 nitrogen and oxygen atoms in total. The number of aliphatic carboxylic acids is 1. The first-order valence-electron chi connectivity index (χ1n) is 8.98. The van der Waals surface area contributed by atoms with E-state index >= 15 is 0 Å². The van der Waals surface area contributed by atoms with E-state index in [9.17, 15) is 9.59 Å². The van der Waals surface area contributed by atoms with Crippen LogP contribution in [0.5, 0.6) is 0 Å². The predicted molar refractivity (Wildman–Crippen MR) is 98.2 cm³/mol. The van der Waals surface area contributed by atoms with Gasteiger partial charge in [0.15, 0.2) is 5.43 Å². The van der Waals surface area contributed by atoms with Crippen LogP contribution in [0.15, 0.2) is 35.5 Å². The van der Waals surface area contributed by atoms with Crippen molar-refractivity contribution in [1.82, 2.24) is 9.55 Å². The summed E-state index contributed by atoms with van der Waals surface area (Å²) >= 11 is 0. The lowest BCUT2D eigenvalue weighted by Gasteiger charge is -2.23. The topological polar surface area (TPSA) is 81.4 Å². The number of nitrogens with zero attached hydrogens (tertiary/aromatic N) is 2. The molecule has 0 unspecified atom stereocenters. The number of rotatable bonds is 6. The molecular weight excluding hydrogens is 332 g/mol. The molecule has 3 rings (SSSR count). The molecule has 138 valence electrons. The molecule has 6 heteroatoms. The van der Waals surface area contributed by atoms with Crippen molar-refractivity contribution in [2.45, 2.75) is 39.2 Å².